The first-order valence-electron chi connectivity index (χ1n) is 6.00. The van der Waals surface area contributed by atoms with Gasteiger partial charge in [0, 0.05) is 12.8 Å². The van der Waals surface area contributed by atoms with Crippen LogP contribution in [0.3, 0.4) is 0 Å². The first kappa shape index (κ1) is 14.2. The molecule has 0 amide bonds. The summed E-state index contributed by atoms with van der Waals surface area (Å²) in [4.78, 5) is 22.6. The summed E-state index contributed by atoms with van der Waals surface area (Å²) in [7, 11) is 1.36. The van der Waals surface area contributed by atoms with E-state index in [1.54, 1.807) is 12.1 Å². The second-order valence-corrected chi connectivity index (χ2v) is 3.80. The lowest BCUT2D eigenvalue weighted by atomic mass is 10.1. The van der Waals surface area contributed by atoms with E-state index in [4.69, 9.17) is 4.74 Å². The van der Waals surface area contributed by atoms with Gasteiger partial charge in [0.1, 0.15) is 5.75 Å². The summed E-state index contributed by atoms with van der Waals surface area (Å²) < 4.78 is 10.1. The third kappa shape index (κ3) is 4.20. The van der Waals surface area contributed by atoms with Crippen LogP contribution in [0.2, 0.25) is 0 Å². The van der Waals surface area contributed by atoms with Gasteiger partial charge in [-0.25, -0.2) is 0 Å². The van der Waals surface area contributed by atoms with E-state index in [9.17, 15) is 9.59 Å². The van der Waals surface area contributed by atoms with Crippen LogP contribution in [-0.2, 0) is 9.53 Å². The predicted molar refractivity (Wildman–Crippen MR) is 67.8 cm³/mol. The molecule has 0 saturated heterocycles. The number of carbonyl (C=O) groups is 2. The number of hydrogen-bond donors (Lipinski definition) is 0. The van der Waals surface area contributed by atoms with Crippen molar-refractivity contribution in [3.05, 3.63) is 29.8 Å². The molecule has 0 fully saturated rings. The van der Waals surface area contributed by atoms with Crippen molar-refractivity contribution < 1.29 is 19.1 Å². The molecule has 0 aliphatic heterocycles. The first-order chi connectivity index (χ1) is 8.69. The fourth-order valence-electron chi connectivity index (χ4n) is 1.51. The van der Waals surface area contributed by atoms with Crippen LogP contribution in [0.1, 0.15) is 36.5 Å². The standard InChI is InChI=1S/C14H18O4/c1-3-12(15)11-7-4-5-8-13(11)18-10-6-9-14(16)17-2/h4-5,7-8H,3,6,9-10H2,1-2H3. The Labute approximate surface area is 107 Å². The minimum atomic E-state index is -0.253. The molecule has 0 spiro atoms. The molecule has 0 atom stereocenters. The molecule has 0 bridgehead atoms. The molecular weight excluding hydrogens is 232 g/mol. The normalized spacial score (nSPS) is 9.89. The van der Waals surface area contributed by atoms with Crippen molar-refractivity contribution in [2.75, 3.05) is 13.7 Å². The van der Waals surface area contributed by atoms with Crippen molar-refractivity contribution in [1.29, 1.82) is 0 Å². The Bertz CT molecular complexity index is 412. The number of ketones is 1. The van der Waals surface area contributed by atoms with Gasteiger partial charge in [-0.2, -0.15) is 0 Å². The number of methoxy groups -OCH3 is 1. The highest BCUT2D eigenvalue weighted by atomic mass is 16.5. The number of esters is 1. The molecule has 0 aliphatic carbocycles. The lowest BCUT2D eigenvalue weighted by Gasteiger charge is -2.09. The Morgan fingerprint density at radius 2 is 1.94 bits per heavy atom. The molecule has 0 saturated carbocycles. The molecule has 0 N–H and O–H groups in total. The van der Waals surface area contributed by atoms with Gasteiger partial charge in [0.25, 0.3) is 0 Å². The third-order valence-electron chi connectivity index (χ3n) is 2.52. The van der Waals surface area contributed by atoms with Gasteiger partial charge in [-0.15, -0.1) is 0 Å². The second-order valence-electron chi connectivity index (χ2n) is 3.80. The molecular formula is C14H18O4. The molecule has 0 unspecified atom stereocenters. The predicted octanol–water partition coefficient (Wildman–Crippen LogP) is 2.61. The highest BCUT2D eigenvalue weighted by Crippen LogP contribution is 2.19. The molecule has 18 heavy (non-hydrogen) atoms. The number of ether oxygens (including phenoxy) is 2. The zero-order chi connectivity index (χ0) is 13.4. The van der Waals surface area contributed by atoms with Crippen LogP contribution in [0.5, 0.6) is 5.75 Å². The summed E-state index contributed by atoms with van der Waals surface area (Å²) in [6.07, 6.45) is 1.34. The Morgan fingerprint density at radius 3 is 2.61 bits per heavy atom. The van der Waals surface area contributed by atoms with E-state index in [1.165, 1.54) is 7.11 Å². The first-order valence-corrected chi connectivity index (χ1v) is 6.00. The van der Waals surface area contributed by atoms with Crippen molar-refractivity contribution in [2.45, 2.75) is 26.2 Å². The van der Waals surface area contributed by atoms with Gasteiger partial charge in [-0.05, 0) is 18.6 Å². The second kappa shape index (κ2) is 7.48. The topological polar surface area (TPSA) is 52.6 Å². The molecule has 0 radical (unpaired) electrons. The summed E-state index contributed by atoms with van der Waals surface area (Å²) in [6, 6.07) is 7.15. The van der Waals surface area contributed by atoms with E-state index in [2.05, 4.69) is 4.74 Å². The Kier molecular flexibility index (Phi) is 5.91. The quantitative estimate of drug-likeness (QED) is 0.424. The molecule has 1 rings (SSSR count). The van der Waals surface area contributed by atoms with E-state index in [0.717, 1.165) is 0 Å². The summed E-state index contributed by atoms with van der Waals surface area (Å²) >= 11 is 0. The zero-order valence-corrected chi connectivity index (χ0v) is 10.8. The summed E-state index contributed by atoms with van der Waals surface area (Å²) in [5.41, 5.74) is 0.595. The molecule has 4 nitrogen and oxygen atoms in total. The van der Waals surface area contributed by atoms with Crippen LogP contribution < -0.4 is 4.74 Å². The van der Waals surface area contributed by atoms with Gasteiger partial charge in [0.2, 0.25) is 0 Å². The summed E-state index contributed by atoms with van der Waals surface area (Å²) in [5.74, 6) is 0.379. The molecule has 0 heterocycles. The Morgan fingerprint density at radius 1 is 1.22 bits per heavy atom. The number of benzene rings is 1. The highest BCUT2D eigenvalue weighted by molar-refractivity contribution is 5.98. The van der Waals surface area contributed by atoms with Crippen molar-refractivity contribution >= 4 is 11.8 Å². The fourth-order valence-corrected chi connectivity index (χ4v) is 1.51. The van der Waals surface area contributed by atoms with Crippen molar-refractivity contribution in [1.82, 2.24) is 0 Å². The summed E-state index contributed by atoms with van der Waals surface area (Å²) in [6.45, 7) is 2.21. The molecule has 98 valence electrons. The van der Waals surface area contributed by atoms with Crippen LogP contribution >= 0.6 is 0 Å². The molecule has 0 aliphatic rings. The number of para-hydroxylation sites is 1. The van der Waals surface area contributed by atoms with Crippen LogP contribution in [0.25, 0.3) is 0 Å². The van der Waals surface area contributed by atoms with E-state index >= 15 is 0 Å². The van der Waals surface area contributed by atoms with Gasteiger partial charge in [-0.1, -0.05) is 19.1 Å². The monoisotopic (exact) mass is 250 g/mol. The van der Waals surface area contributed by atoms with Gasteiger partial charge < -0.3 is 9.47 Å². The average molecular weight is 250 g/mol. The number of rotatable bonds is 7. The number of carbonyl (C=O) groups excluding carboxylic acids is 2. The fraction of sp³-hybridized carbons (Fsp3) is 0.429. The maximum Gasteiger partial charge on any atom is 0.305 e. The van der Waals surface area contributed by atoms with E-state index < -0.39 is 0 Å². The average Bonchev–Trinajstić information content (AvgIpc) is 2.42. The Hall–Kier alpha value is -1.84. The van der Waals surface area contributed by atoms with Gasteiger partial charge in [0.05, 0.1) is 19.3 Å². The van der Waals surface area contributed by atoms with Crippen LogP contribution in [-0.4, -0.2) is 25.5 Å². The largest absolute Gasteiger partial charge is 0.493 e. The minimum absolute atomic E-state index is 0.0542. The van der Waals surface area contributed by atoms with Gasteiger partial charge in [0.15, 0.2) is 5.78 Å². The molecule has 1 aromatic carbocycles. The molecule has 1 aromatic rings. The van der Waals surface area contributed by atoms with Crippen LogP contribution in [0.15, 0.2) is 24.3 Å². The lowest BCUT2D eigenvalue weighted by molar-refractivity contribution is -0.140. The van der Waals surface area contributed by atoms with Crippen LogP contribution in [0.4, 0.5) is 0 Å². The zero-order valence-electron chi connectivity index (χ0n) is 10.8. The highest BCUT2D eigenvalue weighted by Gasteiger charge is 2.09. The van der Waals surface area contributed by atoms with Crippen molar-refractivity contribution in [3.63, 3.8) is 0 Å². The summed E-state index contributed by atoms with van der Waals surface area (Å²) in [5, 5.41) is 0. The lowest BCUT2D eigenvalue weighted by Crippen LogP contribution is -2.07. The van der Waals surface area contributed by atoms with Crippen molar-refractivity contribution in [3.8, 4) is 5.75 Å². The van der Waals surface area contributed by atoms with Gasteiger partial charge in [-0.3, -0.25) is 9.59 Å². The number of Topliss-reactive ketones (excluding diaryl/α,β-unsaturated/α-hetero) is 1. The Balaban J connectivity index is 2.51. The SMILES string of the molecule is CCC(=O)c1ccccc1OCCCC(=O)OC. The van der Waals surface area contributed by atoms with E-state index in [-0.39, 0.29) is 11.8 Å². The van der Waals surface area contributed by atoms with Crippen LogP contribution in [0, 0.1) is 0 Å². The van der Waals surface area contributed by atoms with E-state index in [1.807, 2.05) is 19.1 Å². The maximum absolute atomic E-state index is 11.7. The number of hydrogen-bond acceptors (Lipinski definition) is 4. The maximum atomic E-state index is 11.7. The molecule has 4 heteroatoms. The van der Waals surface area contributed by atoms with Crippen molar-refractivity contribution in [2.24, 2.45) is 0 Å². The molecule has 0 aromatic heterocycles. The van der Waals surface area contributed by atoms with Gasteiger partial charge >= 0.3 is 5.97 Å². The minimum Gasteiger partial charge on any atom is -0.493 e. The third-order valence-corrected chi connectivity index (χ3v) is 2.52. The smallest absolute Gasteiger partial charge is 0.305 e. The van der Waals surface area contributed by atoms with E-state index in [0.29, 0.717) is 37.2 Å².